The van der Waals surface area contributed by atoms with Crippen molar-refractivity contribution in [1.82, 2.24) is 9.88 Å². The molecule has 92 valence electrons. The number of hydrogen-bond donors (Lipinski definition) is 0. The average Bonchev–Trinajstić information content (AvgIpc) is 2.52. The summed E-state index contributed by atoms with van der Waals surface area (Å²) in [5.41, 5.74) is 0. The summed E-state index contributed by atoms with van der Waals surface area (Å²) in [7, 11) is 2.28. The second-order valence-electron chi connectivity index (χ2n) is 5.06. The average molecular weight is 269 g/mol. The molecule has 2 saturated heterocycles. The highest BCUT2D eigenvalue weighted by Gasteiger charge is 2.38. The molecular formula is C13H17ClN2S. The van der Waals surface area contributed by atoms with E-state index >= 15 is 0 Å². The van der Waals surface area contributed by atoms with Crippen molar-refractivity contribution in [3.8, 4) is 0 Å². The first-order valence-corrected chi connectivity index (χ1v) is 7.49. The molecule has 0 aliphatic carbocycles. The Hall–Kier alpha value is -0.250. The molecule has 2 nitrogen and oxygen atoms in total. The third kappa shape index (κ3) is 2.47. The minimum atomic E-state index is 0.603. The van der Waals surface area contributed by atoms with E-state index in [2.05, 4.69) is 23.0 Å². The third-order valence-electron chi connectivity index (χ3n) is 4.03. The van der Waals surface area contributed by atoms with Crippen molar-refractivity contribution >= 4 is 23.4 Å². The van der Waals surface area contributed by atoms with Crippen LogP contribution in [0.1, 0.15) is 25.7 Å². The first-order valence-electron chi connectivity index (χ1n) is 6.23. The van der Waals surface area contributed by atoms with Gasteiger partial charge < -0.3 is 4.90 Å². The molecule has 0 amide bonds. The van der Waals surface area contributed by atoms with Gasteiger partial charge in [0.1, 0.15) is 5.15 Å². The molecule has 2 aliphatic rings. The van der Waals surface area contributed by atoms with E-state index in [1.165, 1.54) is 25.7 Å². The Morgan fingerprint density at radius 1 is 1.29 bits per heavy atom. The second-order valence-corrected chi connectivity index (χ2v) is 6.77. The maximum Gasteiger partial charge on any atom is 0.130 e. The SMILES string of the molecule is CN1[C@@H]2CC[C@@H]1CC(Sc1cccc(Cl)n1)C2. The zero-order chi connectivity index (χ0) is 11.8. The lowest BCUT2D eigenvalue weighted by Gasteiger charge is -2.35. The van der Waals surface area contributed by atoms with Crippen LogP contribution in [0.25, 0.3) is 0 Å². The minimum Gasteiger partial charge on any atom is -0.300 e. The van der Waals surface area contributed by atoms with Crippen LogP contribution in [-0.4, -0.2) is 34.3 Å². The van der Waals surface area contributed by atoms with Crippen molar-refractivity contribution < 1.29 is 0 Å². The molecule has 2 fully saturated rings. The molecule has 3 rings (SSSR count). The molecule has 17 heavy (non-hydrogen) atoms. The van der Waals surface area contributed by atoms with E-state index in [-0.39, 0.29) is 0 Å². The number of aromatic nitrogens is 1. The maximum atomic E-state index is 5.92. The molecule has 0 unspecified atom stereocenters. The Morgan fingerprint density at radius 3 is 2.65 bits per heavy atom. The van der Waals surface area contributed by atoms with Crippen LogP contribution < -0.4 is 0 Å². The standard InChI is InChI=1S/C13H17ClN2S/c1-16-9-5-6-10(16)8-11(7-9)17-13-4-2-3-12(14)15-13/h2-4,9-11H,5-8H2,1H3/t9-,10-/m1/s1. The molecule has 2 atom stereocenters. The Morgan fingerprint density at radius 2 is 2.00 bits per heavy atom. The fraction of sp³-hybridized carbons (Fsp3) is 0.615. The number of thioether (sulfide) groups is 1. The van der Waals surface area contributed by atoms with Gasteiger partial charge in [-0.1, -0.05) is 17.7 Å². The highest BCUT2D eigenvalue weighted by atomic mass is 35.5. The number of nitrogens with zero attached hydrogens (tertiary/aromatic N) is 2. The van der Waals surface area contributed by atoms with Gasteiger partial charge >= 0.3 is 0 Å². The van der Waals surface area contributed by atoms with Gasteiger partial charge in [0.05, 0.1) is 5.03 Å². The van der Waals surface area contributed by atoms with Gasteiger partial charge in [-0.3, -0.25) is 0 Å². The topological polar surface area (TPSA) is 16.1 Å². The van der Waals surface area contributed by atoms with E-state index in [0.29, 0.717) is 5.15 Å². The van der Waals surface area contributed by atoms with Gasteiger partial charge in [-0.25, -0.2) is 4.98 Å². The van der Waals surface area contributed by atoms with E-state index in [1.807, 2.05) is 23.9 Å². The number of pyridine rings is 1. The molecule has 4 heteroatoms. The highest BCUT2D eigenvalue weighted by Crippen LogP contribution is 2.40. The molecule has 2 bridgehead atoms. The number of halogens is 1. The lowest BCUT2D eigenvalue weighted by molar-refractivity contribution is 0.183. The van der Waals surface area contributed by atoms with Crippen LogP contribution in [0.5, 0.6) is 0 Å². The highest BCUT2D eigenvalue weighted by molar-refractivity contribution is 7.99. The van der Waals surface area contributed by atoms with Gasteiger partial charge in [-0.2, -0.15) is 0 Å². The molecule has 0 radical (unpaired) electrons. The van der Waals surface area contributed by atoms with Crippen molar-refractivity contribution in [2.75, 3.05) is 7.05 Å². The summed E-state index contributed by atoms with van der Waals surface area (Å²) >= 11 is 7.83. The normalized spacial score (nSPS) is 32.9. The zero-order valence-electron chi connectivity index (χ0n) is 9.97. The van der Waals surface area contributed by atoms with Gasteiger partial charge in [0.25, 0.3) is 0 Å². The summed E-state index contributed by atoms with van der Waals surface area (Å²) in [6, 6.07) is 7.48. The van der Waals surface area contributed by atoms with E-state index < -0.39 is 0 Å². The monoisotopic (exact) mass is 268 g/mol. The largest absolute Gasteiger partial charge is 0.300 e. The fourth-order valence-corrected chi connectivity index (χ4v) is 4.58. The summed E-state index contributed by atoms with van der Waals surface area (Å²) in [4.78, 5) is 6.94. The molecule has 0 N–H and O–H groups in total. The van der Waals surface area contributed by atoms with E-state index in [1.54, 1.807) is 0 Å². The molecule has 0 spiro atoms. The van der Waals surface area contributed by atoms with Crippen molar-refractivity contribution in [3.05, 3.63) is 23.4 Å². The lowest BCUT2D eigenvalue weighted by atomic mass is 10.0. The Labute approximate surface area is 112 Å². The first-order chi connectivity index (χ1) is 8.22. The number of piperidine rings is 1. The fourth-order valence-electron chi connectivity index (χ4n) is 3.08. The Bertz CT molecular complexity index is 398. The number of hydrogen-bond acceptors (Lipinski definition) is 3. The Kier molecular flexibility index (Phi) is 3.33. The number of fused-ring (bicyclic) bond motifs is 2. The van der Waals surface area contributed by atoms with Crippen LogP contribution in [0.3, 0.4) is 0 Å². The summed E-state index contributed by atoms with van der Waals surface area (Å²) in [6.45, 7) is 0. The van der Waals surface area contributed by atoms with Crippen LogP contribution in [0.2, 0.25) is 5.15 Å². The second kappa shape index (κ2) is 4.79. The summed E-state index contributed by atoms with van der Waals surface area (Å²) in [5, 5.41) is 2.40. The summed E-state index contributed by atoms with van der Waals surface area (Å²) in [6.07, 6.45) is 5.35. The predicted molar refractivity (Wildman–Crippen MR) is 72.7 cm³/mol. The van der Waals surface area contributed by atoms with Crippen LogP contribution in [0.15, 0.2) is 23.2 Å². The van der Waals surface area contributed by atoms with Crippen LogP contribution >= 0.6 is 23.4 Å². The van der Waals surface area contributed by atoms with Crippen molar-refractivity contribution in [2.24, 2.45) is 0 Å². The molecular weight excluding hydrogens is 252 g/mol. The van der Waals surface area contributed by atoms with Crippen LogP contribution in [0.4, 0.5) is 0 Å². The lowest BCUT2D eigenvalue weighted by Crippen LogP contribution is -2.40. The van der Waals surface area contributed by atoms with Gasteiger partial charge in [0.15, 0.2) is 0 Å². The molecule has 2 aliphatic heterocycles. The van der Waals surface area contributed by atoms with Crippen LogP contribution in [-0.2, 0) is 0 Å². The minimum absolute atomic E-state index is 0.603. The van der Waals surface area contributed by atoms with Crippen molar-refractivity contribution in [1.29, 1.82) is 0 Å². The zero-order valence-corrected chi connectivity index (χ0v) is 11.5. The molecule has 1 aromatic rings. The quantitative estimate of drug-likeness (QED) is 0.765. The van der Waals surface area contributed by atoms with Gasteiger partial charge in [0, 0.05) is 17.3 Å². The molecule has 3 heterocycles. The maximum absolute atomic E-state index is 5.92. The molecule has 0 saturated carbocycles. The van der Waals surface area contributed by atoms with Crippen LogP contribution in [0, 0.1) is 0 Å². The molecule has 1 aromatic heterocycles. The van der Waals surface area contributed by atoms with E-state index in [0.717, 1.165) is 22.4 Å². The summed E-state index contributed by atoms with van der Waals surface area (Å²) < 4.78 is 0. The Balaban J connectivity index is 1.67. The van der Waals surface area contributed by atoms with Gasteiger partial charge in [0.2, 0.25) is 0 Å². The number of rotatable bonds is 2. The molecule has 0 aromatic carbocycles. The van der Waals surface area contributed by atoms with Gasteiger partial charge in [-0.15, -0.1) is 11.8 Å². The van der Waals surface area contributed by atoms with E-state index in [9.17, 15) is 0 Å². The third-order valence-corrected chi connectivity index (χ3v) is 5.43. The first kappa shape index (κ1) is 11.8. The van der Waals surface area contributed by atoms with Crippen molar-refractivity contribution in [3.63, 3.8) is 0 Å². The van der Waals surface area contributed by atoms with E-state index in [4.69, 9.17) is 11.6 Å². The smallest absolute Gasteiger partial charge is 0.130 e. The van der Waals surface area contributed by atoms with Gasteiger partial charge in [-0.05, 0) is 44.9 Å². The van der Waals surface area contributed by atoms with Crippen molar-refractivity contribution in [2.45, 2.75) is 48.0 Å². The predicted octanol–water partition coefficient (Wildman–Crippen LogP) is 3.45. The summed E-state index contributed by atoms with van der Waals surface area (Å²) in [5.74, 6) is 0.